The smallest absolute Gasteiger partial charge is 0.272 e. The van der Waals surface area contributed by atoms with Gasteiger partial charge in [0.2, 0.25) is 0 Å². The van der Waals surface area contributed by atoms with Crippen LogP contribution in [0, 0.1) is 6.92 Å². The summed E-state index contributed by atoms with van der Waals surface area (Å²) in [5, 5.41) is 9.54. The highest BCUT2D eigenvalue weighted by Crippen LogP contribution is 2.22. The number of nitrogens with zero attached hydrogens (tertiary/aromatic N) is 1. The number of hydrogen-bond acceptors (Lipinski definition) is 4. The van der Waals surface area contributed by atoms with Crippen LogP contribution >= 0.6 is 11.6 Å². The van der Waals surface area contributed by atoms with Gasteiger partial charge in [-0.2, -0.15) is 5.10 Å². The quantitative estimate of drug-likeness (QED) is 0.250. The van der Waals surface area contributed by atoms with Crippen LogP contribution in [0.25, 0.3) is 10.8 Å². The number of rotatable bonds is 7. The van der Waals surface area contributed by atoms with Crippen LogP contribution in [0.1, 0.15) is 28.4 Å². The number of benzene rings is 4. The van der Waals surface area contributed by atoms with Crippen LogP contribution < -0.4 is 15.5 Å². The predicted molar refractivity (Wildman–Crippen MR) is 140 cm³/mol. The molecule has 176 valence electrons. The van der Waals surface area contributed by atoms with Gasteiger partial charge in [0, 0.05) is 16.3 Å². The first-order valence-electron chi connectivity index (χ1n) is 11.0. The van der Waals surface area contributed by atoms with E-state index in [9.17, 15) is 9.59 Å². The van der Waals surface area contributed by atoms with Gasteiger partial charge in [-0.15, -0.1) is 0 Å². The Labute approximate surface area is 208 Å². The average Bonchev–Trinajstić information content (AvgIpc) is 2.86. The molecule has 4 rings (SSSR count). The standard InChI is InChI=1S/C28H24ClN3O3/c1-18-15-22(29)13-14-26(18)35-17-27(33)30-23-10-5-9-21(16-23)19(2)31-32-28(34)25-12-6-8-20-7-3-4-11-24(20)25/h3-16H,17H2,1-2H3,(H,30,33)(H,32,34)/b31-19-. The molecule has 0 aromatic heterocycles. The van der Waals surface area contributed by atoms with Crippen LogP contribution in [-0.4, -0.2) is 24.1 Å². The molecule has 4 aromatic rings. The molecular formula is C28H24ClN3O3. The number of carbonyl (C=O) groups excluding carboxylic acids is 2. The molecule has 0 aliphatic heterocycles. The number of aryl methyl sites for hydroxylation is 1. The van der Waals surface area contributed by atoms with E-state index in [2.05, 4.69) is 15.8 Å². The molecule has 7 heteroatoms. The van der Waals surface area contributed by atoms with E-state index in [1.807, 2.05) is 49.4 Å². The second-order valence-corrected chi connectivity index (χ2v) is 8.43. The number of ether oxygens (including phenoxy) is 1. The molecule has 0 saturated heterocycles. The van der Waals surface area contributed by atoms with Gasteiger partial charge in [0.1, 0.15) is 5.75 Å². The number of anilines is 1. The molecule has 2 N–H and O–H groups in total. The Kier molecular flexibility index (Phi) is 7.43. The number of hydrogen-bond donors (Lipinski definition) is 2. The van der Waals surface area contributed by atoms with Gasteiger partial charge in [-0.25, -0.2) is 5.43 Å². The monoisotopic (exact) mass is 485 g/mol. The van der Waals surface area contributed by atoms with E-state index in [1.54, 1.807) is 49.4 Å². The van der Waals surface area contributed by atoms with Crippen molar-refractivity contribution in [1.82, 2.24) is 5.43 Å². The maximum Gasteiger partial charge on any atom is 0.272 e. The Morgan fingerprint density at radius 2 is 1.71 bits per heavy atom. The summed E-state index contributed by atoms with van der Waals surface area (Å²) in [6, 6.07) is 25.7. The summed E-state index contributed by atoms with van der Waals surface area (Å²) in [5.74, 6) is 0.0128. The van der Waals surface area contributed by atoms with Crippen molar-refractivity contribution in [3.63, 3.8) is 0 Å². The molecule has 35 heavy (non-hydrogen) atoms. The van der Waals surface area contributed by atoms with Crippen LogP contribution in [0.4, 0.5) is 5.69 Å². The summed E-state index contributed by atoms with van der Waals surface area (Å²) in [5.41, 5.74) is 5.99. The van der Waals surface area contributed by atoms with Crippen molar-refractivity contribution in [3.8, 4) is 5.75 Å². The number of carbonyl (C=O) groups is 2. The fourth-order valence-corrected chi connectivity index (χ4v) is 3.85. The first-order chi connectivity index (χ1) is 16.9. The molecule has 0 unspecified atom stereocenters. The SMILES string of the molecule is C/C(=N/NC(=O)c1cccc2ccccc12)c1cccc(NC(=O)COc2ccc(Cl)cc2C)c1. The zero-order chi connectivity index (χ0) is 24.8. The summed E-state index contributed by atoms with van der Waals surface area (Å²) in [6.07, 6.45) is 0. The number of amides is 2. The molecule has 0 aliphatic carbocycles. The van der Waals surface area contributed by atoms with E-state index in [1.165, 1.54) is 0 Å². The first kappa shape index (κ1) is 24.0. The molecular weight excluding hydrogens is 462 g/mol. The summed E-state index contributed by atoms with van der Waals surface area (Å²) in [6.45, 7) is 3.52. The molecule has 0 radical (unpaired) electrons. The van der Waals surface area contributed by atoms with E-state index in [4.69, 9.17) is 16.3 Å². The lowest BCUT2D eigenvalue weighted by atomic mass is 10.0. The van der Waals surface area contributed by atoms with Crippen LogP contribution in [0.5, 0.6) is 5.75 Å². The van der Waals surface area contributed by atoms with E-state index in [0.717, 1.165) is 21.9 Å². The molecule has 0 atom stereocenters. The second-order valence-electron chi connectivity index (χ2n) is 7.99. The predicted octanol–water partition coefficient (Wildman–Crippen LogP) is 5.97. The Bertz CT molecular complexity index is 1430. The van der Waals surface area contributed by atoms with Gasteiger partial charge in [-0.1, -0.05) is 60.1 Å². The van der Waals surface area contributed by atoms with Crippen molar-refractivity contribution in [1.29, 1.82) is 0 Å². The lowest BCUT2D eigenvalue weighted by Crippen LogP contribution is -2.21. The fraction of sp³-hybridized carbons (Fsp3) is 0.107. The molecule has 2 amide bonds. The van der Waals surface area contributed by atoms with E-state index < -0.39 is 0 Å². The molecule has 0 spiro atoms. The molecule has 0 saturated carbocycles. The van der Waals surface area contributed by atoms with Crippen LogP contribution in [0.2, 0.25) is 5.02 Å². The number of halogens is 1. The molecule has 0 aliphatic rings. The van der Waals surface area contributed by atoms with Gasteiger partial charge < -0.3 is 10.1 Å². The van der Waals surface area contributed by atoms with Gasteiger partial charge in [0.15, 0.2) is 6.61 Å². The maximum atomic E-state index is 12.7. The lowest BCUT2D eigenvalue weighted by Gasteiger charge is -2.11. The van der Waals surface area contributed by atoms with Gasteiger partial charge in [0.25, 0.3) is 11.8 Å². The first-order valence-corrected chi connectivity index (χ1v) is 11.4. The van der Waals surface area contributed by atoms with Crippen molar-refractivity contribution in [3.05, 3.63) is 107 Å². The lowest BCUT2D eigenvalue weighted by molar-refractivity contribution is -0.118. The summed E-state index contributed by atoms with van der Waals surface area (Å²) in [7, 11) is 0. The van der Waals surface area contributed by atoms with Crippen molar-refractivity contribution >= 4 is 45.6 Å². The highest BCUT2D eigenvalue weighted by Gasteiger charge is 2.10. The van der Waals surface area contributed by atoms with Gasteiger partial charge >= 0.3 is 0 Å². The largest absolute Gasteiger partial charge is 0.483 e. The zero-order valence-corrected chi connectivity index (χ0v) is 20.1. The summed E-state index contributed by atoms with van der Waals surface area (Å²) >= 11 is 5.95. The summed E-state index contributed by atoms with van der Waals surface area (Å²) in [4.78, 5) is 25.1. The third-order valence-corrected chi connectivity index (χ3v) is 5.65. The maximum absolute atomic E-state index is 12.7. The van der Waals surface area contributed by atoms with Crippen molar-refractivity contribution in [2.75, 3.05) is 11.9 Å². The molecule has 0 fully saturated rings. The van der Waals surface area contributed by atoms with Gasteiger partial charge in [0.05, 0.1) is 5.71 Å². The average molecular weight is 486 g/mol. The van der Waals surface area contributed by atoms with Gasteiger partial charge in [-0.3, -0.25) is 9.59 Å². The second kappa shape index (κ2) is 10.8. The third kappa shape index (κ3) is 6.05. The van der Waals surface area contributed by atoms with E-state index in [-0.39, 0.29) is 18.4 Å². The molecule has 4 aromatic carbocycles. The zero-order valence-electron chi connectivity index (χ0n) is 19.3. The van der Waals surface area contributed by atoms with Crippen LogP contribution in [-0.2, 0) is 4.79 Å². The highest BCUT2D eigenvalue weighted by atomic mass is 35.5. The molecule has 0 heterocycles. The normalized spacial score (nSPS) is 11.2. The fourth-order valence-electron chi connectivity index (χ4n) is 3.62. The van der Waals surface area contributed by atoms with Crippen molar-refractivity contribution in [2.45, 2.75) is 13.8 Å². The Balaban J connectivity index is 1.39. The Morgan fingerprint density at radius 1 is 0.943 bits per heavy atom. The number of fused-ring (bicyclic) bond motifs is 1. The van der Waals surface area contributed by atoms with E-state index in [0.29, 0.717) is 27.7 Å². The Hall–Kier alpha value is -4.16. The molecule has 0 bridgehead atoms. The van der Waals surface area contributed by atoms with Crippen molar-refractivity contribution < 1.29 is 14.3 Å². The van der Waals surface area contributed by atoms with Gasteiger partial charge in [-0.05, 0) is 72.1 Å². The topological polar surface area (TPSA) is 79.8 Å². The number of hydrazone groups is 1. The van der Waals surface area contributed by atoms with Crippen molar-refractivity contribution in [2.24, 2.45) is 5.10 Å². The molecule has 6 nitrogen and oxygen atoms in total. The van der Waals surface area contributed by atoms with Crippen LogP contribution in [0.3, 0.4) is 0 Å². The van der Waals surface area contributed by atoms with E-state index >= 15 is 0 Å². The third-order valence-electron chi connectivity index (χ3n) is 5.42. The minimum Gasteiger partial charge on any atom is -0.483 e. The number of nitrogens with one attached hydrogen (secondary N) is 2. The minimum atomic E-state index is -0.296. The highest BCUT2D eigenvalue weighted by molar-refractivity contribution is 6.30. The minimum absolute atomic E-state index is 0.138. The Morgan fingerprint density at radius 3 is 2.54 bits per heavy atom. The van der Waals surface area contributed by atoms with Crippen LogP contribution in [0.15, 0.2) is 90.0 Å². The summed E-state index contributed by atoms with van der Waals surface area (Å²) < 4.78 is 5.60.